The predicted octanol–water partition coefficient (Wildman–Crippen LogP) is 4.55. The average molecular weight is 354 g/mol. The van der Waals surface area contributed by atoms with E-state index in [1.165, 1.54) is 0 Å². The molecule has 2 rings (SSSR count). The van der Waals surface area contributed by atoms with Gasteiger partial charge < -0.3 is 11.1 Å². The van der Waals surface area contributed by atoms with Crippen LogP contribution < -0.4 is 11.1 Å². The monoisotopic (exact) mass is 352 g/mol. The molecule has 0 aliphatic rings. The first-order chi connectivity index (χ1) is 9.38. The van der Waals surface area contributed by atoms with Gasteiger partial charge in [-0.15, -0.1) is 0 Å². The number of anilines is 2. The summed E-state index contributed by atoms with van der Waals surface area (Å²) in [5, 5.41) is 3.29. The number of amides is 1. The van der Waals surface area contributed by atoms with E-state index in [9.17, 15) is 4.79 Å². The number of nitrogens with one attached hydrogen (secondary N) is 1. The first kappa shape index (κ1) is 14.9. The van der Waals surface area contributed by atoms with Crippen molar-refractivity contribution in [1.29, 1.82) is 0 Å². The number of carbonyl (C=O) groups excluding carboxylic acids is 1. The van der Waals surface area contributed by atoms with Crippen LogP contribution in [-0.2, 0) is 0 Å². The standard InChI is InChI=1S/C15H14BrClN2O/c1-8-5-10(16)3-4-11(8)15(20)19-14-7-12(17)13(18)6-9(14)2/h3-7H,18H2,1-2H3,(H,19,20). The van der Waals surface area contributed by atoms with Gasteiger partial charge >= 0.3 is 0 Å². The molecular formula is C15H14BrClN2O. The maximum absolute atomic E-state index is 12.3. The second-order valence-electron chi connectivity index (χ2n) is 4.60. The zero-order chi connectivity index (χ0) is 14.9. The van der Waals surface area contributed by atoms with Gasteiger partial charge in [-0.1, -0.05) is 27.5 Å². The van der Waals surface area contributed by atoms with E-state index in [4.69, 9.17) is 17.3 Å². The van der Waals surface area contributed by atoms with Crippen molar-refractivity contribution in [2.24, 2.45) is 0 Å². The Labute approximate surface area is 131 Å². The molecule has 0 unspecified atom stereocenters. The average Bonchev–Trinajstić information content (AvgIpc) is 2.35. The van der Waals surface area contributed by atoms with Gasteiger partial charge in [-0.2, -0.15) is 0 Å². The number of hydrogen-bond donors (Lipinski definition) is 2. The molecule has 0 bridgehead atoms. The third kappa shape index (κ3) is 3.14. The Morgan fingerprint density at radius 2 is 1.90 bits per heavy atom. The highest BCUT2D eigenvalue weighted by Crippen LogP contribution is 2.27. The zero-order valence-electron chi connectivity index (χ0n) is 11.1. The van der Waals surface area contributed by atoms with Gasteiger partial charge in [0.1, 0.15) is 0 Å². The number of nitrogens with two attached hydrogens (primary N) is 1. The summed E-state index contributed by atoms with van der Waals surface area (Å²) < 4.78 is 0.943. The Bertz CT molecular complexity index is 686. The number of nitrogen functional groups attached to an aromatic ring is 1. The molecule has 20 heavy (non-hydrogen) atoms. The first-order valence-corrected chi connectivity index (χ1v) is 7.18. The molecule has 5 heteroatoms. The Morgan fingerprint density at radius 1 is 1.20 bits per heavy atom. The molecule has 0 fully saturated rings. The SMILES string of the molecule is Cc1cc(N)c(Cl)cc1NC(=O)c1ccc(Br)cc1C. The largest absolute Gasteiger partial charge is 0.398 e. The topological polar surface area (TPSA) is 55.1 Å². The molecule has 3 N–H and O–H groups in total. The van der Waals surface area contributed by atoms with E-state index < -0.39 is 0 Å². The highest BCUT2D eigenvalue weighted by atomic mass is 79.9. The summed E-state index contributed by atoms with van der Waals surface area (Å²) >= 11 is 9.36. The van der Waals surface area contributed by atoms with Crippen molar-refractivity contribution >= 4 is 44.8 Å². The van der Waals surface area contributed by atoms with E-state index in [0.717, 1.165) is 15.6 Å². The molecule has 0 radical (unpaired) electrons. The Morgan fingerprint density at radius 3 is 2.55 bits per heavy atom. The maximum atomic E-state index is 12.3. The van der Waals surface area contributed by atoms with Crippen LogP contribution in [0.4, 0.5) is 11.4 Å². The van der Waals surface area contributed by atoms with E-state index in [1.807, 2.05) is 26.0 Å². The van der Waals surface area contributed by atoms with E-state index >= 15 is 0 Å². The van der Waals surface area contributed by atoms with Crippen LogP contribution in [0.2, 0.25) is 5.02 Å². The summed E-state index contributed by atoms with van der Waals surface area (Å²) in [6, 6.07) is 8.93. The molecule has 0 aromatic heterocycles. The summed E-state index contributed by atoms with van der Waals surface area (Å²) in [5.41, 5.74) is 9.28. The number of hydrogen-bond acceptors (Lipinski definition) is 2. The fourth-order valence-electron chi connectivity index (χ4n) is 1.91. The van der Waals surface area contributed by atoms with E-state index in [1.54, 1.807) is 18.2 Å². The highest BCUT2D eigenvalue weighted by Gasteiger charge is 2.12. The molecule has 0 saturated heterocycles. The van der Waals surface area contributed by atoms with Crippen molar-refractivity contribution in [3.05, 3.63) is 56.5 Å². The first-order valence-electron chi connectivity index (χ1n) is 6.01. The normalized spacial score (nSPS) is 10.4. The molecule has 0 heterocycles. The van der Waals surface area contributed by atoms with Gasteiger partial charge in [0, 0.05) is 15.7 Å². The lowest BCUT2D eigenvalue weighted by Gasteiger charge is -2.12. The van der Waals surface area contributed by atoms with Gasteiger partial charge in [0.15, 0.2) is 0 Å². The van der Waals surface area contributed by atoms with Gasteiger partial charge in [-0.05, 0) is 55.3 Å². The third-order valence-electron chi connectivity index (χ3n) is 3.02. The molecule has 2 aromatic rings. The molecule has 0 atom stereocenters. The summed E-state index contributed by atoms with van der Waals surface area (Å²) in [6.07, 6.45) is 0. The second-order valence-corrected chi connectivity index (χ2v) is 5.92. The zero-order valence-corrected chi connectivity index (χ0v) is 13.5. The number of halogens is 2. The Hall–Kier alpha value is -1.52. The van der Waals surface area contributed by atoms with Crippen LogP contribution in [0.25, 0.3) is 0 Å². The van der Waals surface area contributed by atoms with Crippen LogP contribution in [0, 0.1) is 13.8 Å². The molecule has 104 valence electrons. The van der Waals surface area contributed by atoms with E-state index in [-0.39, 0.29) is 5.91 Å². The molecule has 0 aliphatic heterocycles. The number of benzene rings is 2. The van der Waals surface area contributed by atoms with Crippen LogP contribution in [-0.4, -0.2) is 5.91 Å². The predicted molar refractivity (Wildman–Crippen MR) is 87.4 cm³/mol. The third-order valence-corrected chi connectivity index (χ3v) is 3.85. The van der Waals surface area contributed by atoms with Crippen molar-refractivity contribution in [3.8, 4) is 0 Å². The second kappa shape index (κ2) is 5.85. The number of carbonyl (C=O) groups is 1. The molecule has 0 saturated carbocycles. The minimum atomic E-state index is -0.168. The lowest BCUT2D eigenvalue weighted by atomic mass is 10.1. The van der Waals surface area contributed by atoms with Gasteiger partial charge in [0.2, 0.25) is 0 Å². The fourth-order valence-corrected chi connectivity index (χ4v) is 2.55. The van der Waals surface area contributed by atoms with Crippen molar-refractivity contribution in [2.45, 2.75) is 13.8 Å². The summed E-state index contributed by atoms with van der Waals surface area (Å²) in [7, 11) is 0. The quantitative estimate of drug-likeness (QED) is 0.778. The van der Waals surface area contributed by atoms with Gasteiger partial charge in [-0.25, -0.2) is 0 Å². The minimum absolute atomic E-state index is 0.168. The summed E-state index contributed by atoms with van der Waals surface area (Å²) in [5.74, 6) is -0.168. The van der Waals surface area contributed by atoms with Gasteiger partial charge in [-0.3, -0.25) is 4.79 Å². The molecule has 0 spiro atoms. The van der Waals surface area contributed by atoms with Crippen LogP contribution in [0.15, 0.2) is 34.8 Å². The van der Waals surface area contributed by atoms with Crippen LogP contribution in [0.3, 0.4) is 0 Å². The Balaban J connectivity index is 2.30. The van der Waals surface area contributed by atoms with Gasteiger partial charge in [0.05, 0.1) is 10.7 Å². The molecule has 0 aliphatic carbocycles. The van der Waals surface area contributed by atoms with Crippen molar-refractivity contribution < 1.29 is 4.79 Å². The van der Waals surface area contributed by atoms with Crippen molar-refractivity contribution in [1.82, 2.24) is 0 Å². The Kier molecular flexibility index (Phi) is 4.35. The molecule has 1 amide bonds. The molecule has 2 aromatic carbocycles. The molecule has 3 nitrogen and oxygen atoms in total. The van der Waals surface area contributed by atoms with Gasteiger partial charge in [0.25, 0.3) is 5.91 Å². The van der Waals surface area contributed by atoms with Crippen LogP contribution in [0.5, 0.6) is 0 Å². The van der Waals surface area contributed by atoms with E-state index in [2.05, 4.69) is 21.2 Å². The summed E-state index contributed by atoms with van der Waals surface area (Å²) in [4.78, 5) is 12.3. The van der Waals surface area contributed by atoms with Crippen molar-refractivity contribution in [3.63, 3.8) is 0 Å². The number of rotatable bonds is 2. The summed E-state index contributed by atoms with van der Waals surface area (Å²) in [6.45, 7) is 3.76. The molecular weight excluding hydrogens is 340 g/mol. The fraction of sp³-hybridized carbons (Fsp3) is 0.133. The van der Waals surface area contributed by atoms with Crippen LogP contribution in [0.1, 0.15) is 21.5 Å². The van der Waals surface area contributed by atoms with Crippen molar-refractivity contribution in [2.75, 3.05) is 11.1 Å². The highest BCUT2D eigenvalue weighted by molar-refractivity contribution is 9.10. The van der Waals surface area contributed by atoms with E-state index in [0.29, 0.717) is 22.0 Å². The van der Waals surface area contributed by atoms with Crippen LogP contribution >= 0.6 is 27.5 Å². The lowest BCUT2D eigenvalue weighted by Crippen LogP contribution is -2.14. The number of aryl methyl sites for hydroxylation is 2. The smallest absolute Gasteiger partial charge is 0.255 e. The lowest BCUT2D eigenvalue weighted by molar-refractivity contribution is 0.102. The minimum Gasteiger partial charge on any atom is -0.398 e. The maximum Gasteiger partial charge on any atom is 0.255 e.